The van der Waals surface area contributed by atoms with E-state index in [1.54, 1.807) is 0 Å². The van der Waals surface area contributed by atoms with Gasteiger partial charge in [-0.3, -0.25) is 0 Å². The Labute approximate surface area is 93.5 Å². The molecule has 0 spiro atoms. The highest BCUT2D eigenvalue weighted by Crippen LogP contribution is 2.27. The molecule has 0 aromatic rings. The predicted octanol–water partition coefficient (Wildman–Crippen LogP) is 1.96. The standard InChI is InChI=1S/C12H25NO2/c1-4-7-13-10-9-11(14-6-3)12(10)15-8-5-2/h10-13H,4-9H2,1-3H3. The fourth-order valence-electron chi connectivity index (χ4n) is 1.97. The van der Waals surface area contributed by atoms with Crippen LogP contribution in [0.25, 0.3) is 0 Å². The van der Waals surface area contributed by atoms with Crippen LogP contribution in [0.3, 0.4) is 0 Å². The summed E-state index contributed by atoms with van der Waals surface area (Å²) >= 11 is 0. The molecule has 0 amide bonds. The van der Waals surface area contributed by atoms with E-state index >= 15 is 0 Å². The maximum Gasteiger partial charge on any atom is 0.0990 e. The van der Waals surface area contributed by atoms with Crippen LogP contribution in [0.2, 0.25) is 0 Å². The molecule has 0 aromatic heterocycles. The zero-order valence-electron chi connectivity index (χ0n) is 10.3. The first-order valence-electron chi connectivity index (χ1n) is 6.30. The van der Waals surface area contributed by atoms with Crippen molar-refractivity contribution in [3.05, 3.63) is 0 Å². The van der Waals surface area contributed by atoms with Crippen LogP contribution >= 0.6 is 0 Å². The van der Waals surface area contributed by atoms with Crippen molar-refractivity contribution in [3.8, 4) is 0 Å². The number of ether oxygens (including phenoxy) is 2. The molecule has 3 unspecified atom stereocenters. The summed E-state index contributed by atoms with van der Waals surface area (Å²) in [6, 6.07) is 0.507. The second-order valence-corrected chi connectivity index (χ2v) is 4.13. The average molecular weight is 215 g/mol. The summed E-state index contributed by atoms with van der Waals surface area (Å²) < 4.78 is 11.4. The third kappa shape index (κ3) is 3.74. The quantitative estimate of drug-likeness (QED) is 0.671. The van der Waals surface area contributed by atoms with E-state index in [0.717, 1.165) is 32.6 Å². The van der Waals surface area contributed by atoms with Crippen molar-refractivity contribution in [2.24, 2.45) is 0 Å². The number of nitrogens with one attached hydrogen (secondary N) is 1. The van der Waals surface area contributed by atoms with Gasteiger partial charge >= 0.3 is 0 Å². The van der Waals surface area contributed by atoms with E-state index in [4.69, 9.17) is 9.47 Å². The van der Waals surface area contributed by atoms with E-state index in [2.05, 4.69) is 19.2 Å². The minimum absolute atomic E-state index is 0.274. The molecular formula is C12H25NO2. The first-order chi connectivity index (χ1) is 7.33. The molecule has 0 bridgehead atoms. The molecule has 1 N–H and O–H groups in total. The van der Waals surface area contributed by atoms with E-state index in [9.17, 15) is 0 Å². The molecule has 1 aliphatic carbocycles. The first-order valence-corrected chi connectivity index (χ1v) is 6.30. The van der Waals surface area contributed by atoms with E-state index in [0.29, 0.717) is 12.1 Å². The lowest BCUT2D eigenvalue weighted by Gasteiger charge is -2.44. The van der Waals surface area contributed by atoms with Gasteiger partial charge < -0.3 is 14.8 Å². The van der Waals surface area contributed by atoms with Gasteiger partial charge in [0.25, 0.3) is 0 Å². The molecule has 1 aliphatic rings. The third-order valence-electron chi connectivity index (χ3n) is 2.80. The molecule has 0 aromatic carbocycles. The zero-order chi connectivity index (χ0) is 11.1. The van der Waals surface area contributed by atoms with Crippen molar-refractivity contribution in [1.82, 2.24) is 5.32 Å². The SMILES string of the molecule is CCCNC1CC(OCC)C1OCCC. The molecular weight excluding hydrogens is 190 g/mol. The fraction of sp³-hybridized carbons (Fsp3) is 1.00. The number of rotatable bonds is 8. The molecule has 15 heavy (non-hydrogen) atoms. The number of hydrogen-bond donors (Lipinski definition) is 1. The topological polar surface area (TPSA) is 30.5 Å². The Bertz CT molecular complexity index is 164. The van der Waals surface area contributed by atoms with Crippen LogP contribution < -0.4 is 5.32 Å². The molecule has 90 valence electrons. The summed E-state index contributed by atoms with van der Waals surface area (Å²) in [5.74, 6) is 0. The minimum Gasteiger partial charge on any atom is -0.376 e. The Hall–Kier alpha value is -0.120. The van der Waals surface area contributed by atoms with Crippen molar-refractivity contribution in [1.29, 1.82) is 0 Å². The van der Waals surface area contributed by atoms with Gasteiger partial charge in [0.05, 0.1) is 12.2 Å². The van der Waals surface area contributed by atoms with Gasteiger partial charge in [0.15, 0.2) is 0 Å². The van der Waals surface area contributed by atoms with Crippen LogP contribution in [0.5, 0.6) is 0 Å². The predicted molar refractivity (Wildman–Crippen MR) is 62.1 cm³/mol. The van der Waals surface area contributed by atoms with Crippen LogP contribution in [0, 0.1) is 0 Å². The number of hydrogen-bond acceptors (Lipinski definition) is 3. The molecule has 0 radical (unpaired) electrons. The maximum absolute atomic E-state index is 5.81. The lowest BCUT2D eigenvalue weighted by atomic mass is 9.85. The Morgan fingerprint density at radius 3 is 2.53 bits per heavy atom. The largest absolute Gasteiger partial charge is 0.376 e. The van der Waals surface area contributed by atoms with Crippen molar-refractivity contribution in [2.45, 2.75) is 58.3 Å². The summed E-state index contributed by atoms with van der Waals surface area (Å²) in [6.07, 6.45) is 3.95. The highest BCUT2D eigenvalue weighted by atomic mass is 16.5. The normalized spacial score (nSPS) is 30.2. The van der Waals surface area contributed by atoms with Crippen molar-refractivity contribution < 1.29 is 9.47 Å². The molecule has 1 fully saturated rings. The molecule has 1 saturated carbocycles. The van der Waals surface area contributed by atoms with E-state index in [1.807, 2.05) is 6.92 Å². The molecule has 3 atom stereocenters. The monoisotopic (exact) mass is 215 g/mol. The second kappa shape index (κ2) is 7.20. The smallest absolute Gasteiger partial charge is 0.0990 e. The summed E-state index contributed by atoms with van der Waals surface area (Å²) in [4.78, 5) is 0. The van der Waals surface area contributed by atoms with Crippen molar-refractivity contribution in [3.63, 3.8) is 0 Å². The lowest BCUT2D eigenvalue weighted by molar-refractivity contribution is -0.144. The Balaban J connectivity index is 2.26. The van der Waals surface area contributed by atoms with Gasteiger partial charge in [-0.15, -0.1) is 0 Å². The highest BCUT2D eigenvalue weighted by Gasteiger charge is 2.41. The second-order valence-electron chi connectivity index (χ2n) is 4.13. The van der Waals surface area contributed by atoms with Crippen LogP contribution in [0.1, 0.15) is 40.0 Å². The van der Waals surface area contributed by atoms with Crippen LogP contribution in [0.4, 0.5) is 0 Å². The molecule has 0 saturated heterocycles. The van der Waals surface area contributed by atoms with Crippen molar-refractivity contribution in [2.75, 3.05) is 19.8 Å². The summed E-state index contributed by atoms with van der Waals surface area (Å²) in [5.41, 5.74) is 0. The molecule has 3 nitrogen and oxygen atoms in total. The van der Waals surface area contributed by atoms with Crippen molar-refractivity contribution >= 4 is 0 Å². The highest BCUT2D eigenvalue weighted by molar-refractivity contribution is 4.97. The molecule has 3 heteroatoms. The molecule has 1 rings (SSSR count). The summed E-state index contributed by atoms with van der Waals surface area (Å²) in [6.45, 7) is 9.09. The minimum atomic E-state index is 0.274. The fourth-order valence-corrected chi connectivity index (χ4v) is 1.97. The summed E-state index contributed by atoms with van der Waals surface area (Å²) in [7, 11) is 0. The molecule has 0 aliphatic heterocycles. The van der Waals surface area contributed by atoms with Crippen LogP contribution in [-0.4, -0.2) is 38.0 Å². The Morgan fingerprint density at radius 1 is 1.13 bits per heavy atom. The van der Waals surface area contributed by atoms with Gasteiger partial charge in [0, 0.05) is 19.3 Å². The van der Waals surface area contributed by atoms with E-state index in [-0.39, 0.29) is 6.10 Å². The molecule has 0 heterocycles. The van der Waals surface area contributed by atoms with Gasteiger partial charge in [0.2, 0.25) is 0 Å². The van der Waals surface area contributed by atoms with Gasteiger partial charge in [-0.25, -0.2) is 0 Å². The summed E-state index contributed by atoms with van der Waals surface area (Å²) in [5, 5.41) is 3.51. The van der Waals surface area contributed by atoms with Gasteiger partial charge in [-0.1, -0.05) is 13.8 Å². The maximum atomic E-state index is 5.81. The van der Waals surface area contributed by atoms with Gasteiger partial charge in [0.1, 0.15) is 0 Å². The first kappa shape index (κ1) is 12.9. The average Bonchev–Trinajstić information content (AvgIpc) is 2.23. The van der Waals surface area contributed by atoms with Gasteiger partial charge in [-0.2, -0.15) is 0 Å². The van der Waals surface area contributed by atoms with E-state index in [1.165, 1.54) is 6.42 Å². The van der Waals surface area contributed by atoms with E-state index < -0.39 is 0 Å². The Morgan fingerprint density at radius 2 is 1.93 bits per heavy atom. The van der Waals surface area contributed by atoms with Crippen LogP contribution in [-0.2, 0) is 9.47 Å². The Kier molecular flexibility index (Phi) is 6.22. The van der Waals surface area contributed by atoms with Crippen LogP contribution in [0.15, 0.2) is 0 Å². The third-order valence-corrected chi connectivity index (χ3v) is 2.80. The van der Waals surface area contributed by atoms with Gasteiger partial charge in [-0.05, 0) is 32.7 Å². The zero-order valence-corrected chi connectivity index (χ0v) is 10.3. The lowest BCUT2D eigenvalue weighted by Crippen LogP contribution is -2.60.